The maximum Gasteiger partial charge on any atom is 0.0841 e. The first kappa shape index (κ1) is 18.0. The van der Waals surface area contributed by atoms with Gasteiger partial charge in [-0.15, -0.1) is 0 Å². The van der Waals surface area contributed by atoms with Crippen molar-refractivity contribution in [2.45, 2.75) is 109 Å². The van der Waals surface area contributed by atoms with Crippen LogP contribution in [0.5, 0.6) is 0 Å². The van der Waals surface area contributed by atoms with Crippen LogP contribution in [0.15, 0.2) is 0 Å². The minimum atomic E-state index is 0.367. The third-order valence-electron chi connectivity index (χ3n) is 4.49. The van der Waals surface area contributed by atoms with E-state index in [1.54, 1.807) is 0 Å². The van der Waals surface area contributed by atoms with Gasteiger partial charge >= 0.3 is 0 Å². The molecule has 0 radical (unpaired) electrons. The second-order valence-corrected chi connectivity index (χ2v) is 6.38. The molecule has 1 N–H and O–H groups in total. The molecule has 0 amide bonds. The van der Waals surface area contributed by atoms with E-state index in [2.05, 4.69) is 6.92 Å². The van der Waals surface area contributed by atoms with E-state index in [1.165, 1.54) is 83.5 Å². The van der Waals surface area contributed by atoms with Crippen LogP contribution in [0.25, 0.3) is 0 Å². The lowest BCUT2D eigenvalue weighted by Gasteiger charge is -2.02. The van der Waals surface area contributed by atoms with Gasteiger partial charge in [-0.05, 0) is 19.3 Å². The topological polar surface area (TPSA) is 32.8 Å². The summed E-state index contributed by atoms with van der Waals surface area (Å²) in [6.07, 6.45) is 19.8. The molecular formula is C18H36O2. The number of rotatable bonds is 15. The maximum atomic E-state index is 8.68. The van der Waals surface area contributed by atoms with Crippen molar-refractivity contribution in [2.24, 2.45) is 0 Å². The molecule has 120 valence electrons. The third kappa shape index (κ3) is 9.77. The molecule has 0 aliphatic carbocycles. The zero-order valence-electron chi connectivity index (χ0n) is 13.6. The monoisotopic (exact) mass is 284 g/mol. The number of aliphatic hydroxyl groups is 1. The van der Waals surface area contributed by atoms with Gasteiger partial charge in [0.1, 0.15) is 0 Å². The maximum absolute atomic E-state index is 8.68. The number of ether oxygens (including phenoxy) is 1. The molecule has 1 saturated heterocycles. The largest absolute Gasteiger partial charge is 0.396 e. The van der Waals surface area contributed by atoms with Crippen LogP contribution in [0.1, 0.15) is 96.8 Å². The van der Waals surface area contributed by atoms with Crippen LogP contribution in [0.3, 0.4) is 0 Å². The van der Waals surface area contributed by atoms with E-state index >= 15 is 0 Å². The number of hydrogen-bond acceptors (Lipinski definition) is 2. The Balaban J connectivity index is 1.65. The zero-order valence-corrected chi connectivity index (χ0v) is 13.6. The van der Waals surface area contributed by atoms with Gasteiger partial charge in [-0.1, -0.05) is 77.6 Å². The van der Waals surface area contributed by atoms with Gasteiger partial charge in [-0.3, -0.25) is 0 Å². The van der Waals surface area contributed by atoms with E-state index < -0.39 is 0 Å². The van der Waals surface area contributed by atoms with Crippen molar-refractivity contribution in [3.05, 3.63) is 0 Å². The van der Waals surface area contributed by atoms with Crippen molar-refractivity contribution in [3.8, 4) is 0 Å². The molecule has 0 aromatic carbocycles. The summed E-state index contributed by atoms with van der Waals surface area (Å²) >= 11 is 0. The van der Waals surface area contributed by atoms with E-state index in [-0.39, 0.29) is 0 Å². The molecule has 2 nitrogen and oxygen atoms in total. The van der Waals surface area contributed by atoms with Crippen molar-refractivity contribution in [3.63, 3.8) is 0 Å². The molecule has 1 fully saturated rings. The van der Waals surface area contributed by atoms with Gasteiger partial charge in [0.25, 0.3) is 0 Å². The van der Waals surface area contributed by atoms with Crippen molar-refractivity contribution in [2.75, 3.05) is 6.61 Å². The molecule has 0 saturated carbocycles. The van der Waals surface area contributed by atoms with Crippen LogP contribution in [-0.2, 0) is 4.74 Å². The van der Waals surface area contributed by atoms with Gasteiger partial charge < -0.3 is 9.84 Å². The van der Waals surface area contributed by atoms with E-state index in [4.69, 9.17) is 9.84 Å². The highest BCUT2D eigenvalue weighted by Gasteiger charge is 2.35. The quantitative estimate of drug-likeness (QED) is 0.330. The lowest BCUT2D eigenvalue weighted by Crippen LogP contribution is -1.92. The van der Waals surface area contributed by atoms with Crippen molar-refractivity contribution in [1.82, 2.24) is 0 Å². The molecule has 0 spiro atoms. The first-order valence-electron chi connectivity index (χ1n) is 9.14. The highest BCUT2D eigenvalue weighted by atomic mass is 16.6. The van der Waals surface area contributed by atoms with Crippen molar-refractivity contribution in [1.29, 1.82) is 0 Å². The Kier molecular flexibility index (Phi) is 11.4. The molecule has 0 bridgehead atoms. The molecule has 2 atom stereocenters. The van der Waals surface area contributed by atoms with Crippen LogP contribution in [-0.4, -0.2) is 23.9 Å². The number of aliphatic hydroxyl groups excluding tert-OH is 1. The van der Waals surface area contributed by atoms with E-state index in [9.17, 15) is 0 Å². The van der Waals surface area contributed by atoms with Crippen LogP contribution < -0.4 is 0 Å². The molecule has 0 unspecified atom stereocenters. The molecule has 20 heavy (non-hydrogen) atoms. The van der Waals surface area contributed by atoms with Crippen LogP contribution in [0.2, 0.25) is 0 Å². The number of hydrogen-bond donors (Lipinski definition) is 1. The second kappa shape index (κ2) is 12.6. The summed E-state index contributed by atoms with van der Waals surface area (Å²) in [7, 11) is 0. The molecule has 0 aromatic heterocycles. The summed E-state index contributed by atoms with van der Waals surface area (Å²) in [4.78, 5) is 0. The molecule has 1 aliphatic rings. The Hall–Kier alpha value is -0.0800. The van der Waals surface area contributed by atoms with Gasteiger partial charge in [-0.25, -0.2) is 0 Å². The van der Waals surface area contributed by atoms with Gasteiger partial charge in [-0.2, -0.15) is 0 Å². The predicted molar refractivity (Wildman–Crippen MR) is 86.1 cm³/mol. The van der Waals surface area contributed by atoms with E-state index in [0.717, 1.165) is 6.42 Å². The zero-order chi connectivity index (χ0) is 14.5. The van der Waals surface area contributed by atoms with Crippen molar-refractivity contribution < 1.29 is 9.84 Å². The standard InChI is InChI=1S/C18H36O2/c1-2-17-18(20-17)15-13-11-9-7-5-3-4-6-8-10-12-14-16-19/h17-19H,2-16H2,1H3/t17-,18-/m0/s1. The minimum absolute atomic E-state index is 0.367. The first-order valence-corrected chi connectivity index (χ1v) is 9.14. The molecule has 2 heteroatoms. The van der Waals surface area contributed by atoms with Gasteiger partial charge in [0.05, 0.1) is 12.2 Å². The number of epoxide rings is 1. The fourth-order valence-corrected chi connectivity index (χ4v) is 3.02. The van der Waals surface area contributed by atoms with Crippen LogP contribution in [0.4, 0.5) is 0 Å². The highest BCUT2D eigenvalue weighted by Crippen LogP contribution is 2.29. The Labute approximate surface area is 126 Å². The lowest BCUT2D eigenvalue weighted by molar-refractivity contribution is 0.282. The molecule has 0 aromatic rings. The van der Waals surface area contributed by atoms with Gasteiger partial charge in [0, 0.05) is 6.61 Å². The summed E-state index contributed by atoms with van der Waals surface area (Å²) in [6.45, 7) is 2.59. The summed E-state index contributed by atoms with van der Waals surface area (Å²) in [5.41, 5.74) is 0. The average molecular weight is 284 g/mol. The van der Waals surface area contributed by atoms with Gasteiger partial charge in [0.2, 0.25) is 0 Å². The summed E-state index contributed by atoms with van der Waals surface area (Å²) in [5, 5.41) is 8.68. The van der Waals surface area contributed by atoms with Gasteiger partial charge in [0.15, 0.2) is 0 Å². The predicted octanol–water partition coefficient (Wildman–Crippen LogP) is 5.23. The number of unbranched alkanes of at least 4 members (excludes halogenated alkanes) is 11. The fraction of sp³-hybridized carbons (Fsp3) is 1.00. The normalized spacial score (nSPS) is 21.3. The first-order chi connectivity index (χ1) is 9.88. The van der Waals surface area contributed by atoms with E-state index in [1.807, 2.05) is 0 Å². The minimum Gasteiger partial charge on any atom is -0.396 e. The SMILES string of the molecule is CC[C@@H]1O[C@H]1CCCCCCCCCCCCCCO. The highest BCUT2D eigenvalue weighted by molar-refractivity contribution is 4.82. The molecule has 1 heterocycles. The summed E-state index contributed by atoms with van der Waals surface area (Å²) in [6, 6.07) is 0. The second-order valence-electron chi connectivity index (χ2n) is 6.38. The van der Waals surface area contributed by atoms with Crippen molar-refractivity contribution >= 4 is 0 Å². The Morgan fingerprint density at radius 3 is 1.50 bits per heavy atom. The average Bonchev–Trinajstić information content (AvgIpc) is 3.22. The summed E-state index contributed by atoms with van der Waals surface area (Å²) < 4.78 is 5.56. The Bertz CT molecular complexity index is 206. The Morgan fingerprint density at radius 1 is 0.650 bits per heavy atom. The van der Waals surface area contributed by atoms with E-state index in [0.29, 0.717) is 18.8 Å². The molecule has 1 rings (SSSR count). The molecule has 1 aliphatic heterocycles. The molecular weight excluding hydrogens is 248 g/mol. The smallest absolute Gasteiger partial charge is 0.0841 e. The summed E-state index contributed by atoms with van der Waals surface area (Å²) in [5.74, 6) is 0. The fourth-order valence-electron chi connectivity index (χ4n) is 3.02. The van der Waals surface area contributed by atoms with Crippen LogP contribution >= 0.6 is 0 Å². The Morgan fingerprint density at radius 2 is 1.10 bits per heavy atom. The van der Waals surface area contributed by atoms with Crippen LogP contribution in [0, 0.1) is 0 Å². The lowest BCUT2D eigenvalue weighted by atomic mass is 10.0. The third-order valence-corrected chi connectivity index (χ3v) is 4.49.